The molecule has 1 atom stereocenters. The normalized spacial score (nSPS) is 15.6. The van der Waals surface area contributed by atoms with Gasteiger partial charge in [-0.25, -0.2) is 0 Å². The highest BCUT2D eigenvalue weighted by molar-refractivity contribution is 5.95. The van der Waals surface area contributed by atoms with Crippen LogP contribution in [0, 0.1) is 0 Å². The fraction of sp³-hybridized carbons (Fsp3) is 0.316. The zero-order chi connectivity index (χ0) is 17.8. The third-order valence-corrected chi connectivity index (χ3v) is 4.14. The Kier molecular flexibility index (Phi) is 4.97. The summed E-state index contributed by atoms with van der Waals surface area (Å²) in [5.41, 5.74) is 1.53. The molecule has 1 N–H and O–H groups in total. The molecule has 0 saturated heterocycles. The van der Waals surface area contributed by atoms with E-state index in [9.17, 15) is 4.79 Å². The summed E-state index contributed by atoms with van der Waals surface area (Å²) >= 11 is 0. The number of methoxy groups -OCH3 is 3. The molecule has 0 aliphatic carbocycles. The maximum absolute atomic E-state index is 12.6. The largest absolute Gasteiger partial charge is 0.493 e. The van der Waals surface area contributed by atoms with Crippen molar-refractivity contribution in [2.75, 3.05) is 27.9 Å². The molecule has 1 unspecified atom stereocenters. The monoisotopic (exact) mass is 343 g/mol. The summed E-state index contributed by atoms with van der Waals surface area (Å²) in [5, 5.41) is 3.00. The quantitative estimate of drug-likeness (QED) is 0.903. The molecule has 1 heterocycles. The van der Waals surface area contributed by atoms with E-state index in [-0.39, 0.29) is 11.9 Å². The second-order valence-corrected chi connectivity index (χ2v) is 5.71. The van der Waals surface area contributed by atoms with Gasteiger partial charge in [0.2, 0.25) is 5.75 Å². The molecule has 2 aromatic rings. The van der Waals surface area contributed by atoms with E-state index in [0.717, 1.165) is 17.7 Å². The predicted octanol–water partition coefficient (Wildman–Crippen LogP) is 2.45. The molecular formula is C19H21NO5. The van der Waals surface area contributed by atoms with Crippen LogP contribution in [-0.2, 0) is 6.42 Å². The lowest BCUT2D eigenvalue weighted by molar-refractivity contribution is 0.0914. The van der Waals surface area contributed by atoms with E-state index in [4.69, 9.17) is 18.9 Å². The first-order valence-corrected chi connectivity index (χ1v) is 7.97. The first-order valence-electron chi connectivity index (χ1n) is 7.97. The van der Waals surface area contributed by atoms with Gasteiger partial charge in [-0.2, -0.15) is 0 Å². The van der Waals surface area contributed by atoms with Crippen molar-refractivity contribution < 1.29 is 23.7 Å². The number of amides is 1. The van der Waals surface area contributed by atoms with Gasteiger partial charge >= 0.3 is 0 Å². The number of fused-ring (bicyclic) bond motifs is 1. The number of nitrogens with one attached hydrogen (secondary N) is 1. The van der Waals surface area contributed by atoms with Crippen molar-refractivity contribution in [2.24, 2.45) is 0 Å². The predicted molar refractivity (Wildman–Crippen MR) is 93.0 cm³/mol. The van der Waals surface area contributed by atoms with Gasteiger partial charge in [-0.3, -0.25) is 4.79 Å². The first-order chi connectivity index (χ1) is 12.2. The summed E-state index contributed by atoms with van der Waals surface area (Å²) in [7, 11) is 4.56. The Labute approximate surface area is 146 Å². The lowest BCUT2D eigenvalue weighted by atomic mass is 10.0. The molecule has 0 spiro atoms. The second-order valence-electron chi connectivity index (χ2n) is 5.71. The lowest BCUT2D eigenvalue weighted by Crippen LogP contribution is -2.42. The minimum absolute atomic E-state index is 0.0958. The van der Waals surface area contributed by atoms with Crippen LogP contribution < -0.4 is 24.3 Å². The third kappa shape index (κ3) is 3.47. The second kappa shape index (κ2) is 7.34. The molecule has 2 aromatic carbocycles. The molecule has 6 nitrogen and oxygen atoms in total. The molecule has 0 bridgehead atoms. The third-order valence-electron chi connectivity index (χ3n) is 4.14. The van der Waals surface area contributed by atoms with E-state index in [1.54, 1.807) is 12.1 Å². The molecule has 0 aromatic heterocycles. The topological polar surface area (TPSA) is 66.0 Å². The highest BCUT2D eigenvalue weighted by Crippen LogP contribution is 2.38. The van der Waals surface area contributed by atoms with Crippen LogP contribution in [0.1, 0.15) is 15.9 Å². The smallest absolute Gasteiger partial charge is 0.251 e. The van der Waals surface area contributed by atoms with Crippen molar-refractivity contribution in [3.63, 3.8) is 0 Å². The van der Waals surface area contributed by atoms with E-state index in [0.29, 0.717) is 29.4 Å². The van der Waals surface area contributed by atoms with Crippen LogP contribution in [0.2, 0.25) is 0 Å². The van der Waals surface area contributed by atoms with Crippen LogP contribution in [-0.4, -0.2) is 39.9 Å². The summed E-state index contributed by atoms with van der Waals surface area (Å²) in [5.74, 6) is 2.00. The van der Waals surface area contributed by atoms with Gasteiger partial charge in [0.05, 0.1) is 27.4 Å². The van der Waals surface area contributed by atoms with Crippen molar-refractivity contribution in [2.45, 2.75) is 12.5 Å². The fourth-order valence-corrected chi connectivity index (χ4v) is 2.90. The Morgan fingerprint density at radius 2 is 1.76 bits per heavy atom. The Bertz CT molecular complexity index is 749. The molecule has 6 heteroatoms. The summed E-state index contributed by atoms with van der Waals surface area (Å²) in [4.78, 5) is 12.6. The van der Waals surface area contributed by atoms with Crippen molar-refractivity contribution in [1.82, 2.24) is 5.32 Å². The number of para-hydroxylation sites is 1. The summed E-state index contributed by atoms with van der Waals surface area (Å²) < 4.78 is 21.6. The van der Waals surface area contributed by atoms with Gasteiger partial charge in [-0.05, 0) is 30.2 Å². The van der Waals surface area contributed by atoms with E-state index >= 15 is 0 Å². The van der Waals surface area contributed by atoms with Crippen molar-refractivity contribution in [3.05, 3.63) is 47.5 Å². The van der Waals surface area contributed by atoms with Crippen LogP contribution in [0.15, 0.2) is 36.4 Å². The van der Waals surface area contributed by atoms with Gasteiger partial charge in [-0.15, -0.1) is 0 Å². The number of hydrogen-bond acceptors (Lipinski definition) is 5. The molecular weight excluding hydrogens is 322 g/mol. The Hall–Kier alpha value is -2.89. The van der Waals surface area contributed by atoms with E-state index < -0.39 is 0 Å². The lowest BCUT2D eigenvalue weighted by Gasteiger charge is -2.26. The van der Waals surface area contributed by atoms with Crippen LogP contribution in [0.5, 0.6) is 23.0 Å². The van der Waals surface area contributed by atoms with E-state index in [1.807, 2.05) is 24.3 Å². The molecule has 1 aliphatic rings. The highest BCUT2D eigenvalue weighted by atomic mass is 16.5. The van der Waals surface area contributed by atoms with Gasteiger partial charge in [0, 0.05) is 5.56 Å². The van der Waals surface area contributed by atoms with Gasteiger partial charge in [0.1, 0.15) is 12.4 Å². The standard InChI is InChI=1S/C19H21NO5/c1-22-16-9-13(10-17(23-2)18(16)24-3)19(21)20-14-8-12-6-4-5-7-15(12)25-11-14/h4-7,9-10,14H,8,11H2,1-3H3,(H,20,21). The minimum Gasteiger partial charge on any atom is -0.493 e. The molecule has 0 radical (unpaired) electrons. The highest BCUT2D eigenvalue weighted by Gasteiger charge is 2.23. The molecule has 25 heavy (non-hydrogen) atoms. The van der Waals surface area contributed by atoms with Crippen molar-refractivity contribution in [3.8, 4) is 23.0 Å². The molecule has 132 valence electrons. The summed E-state index contributed by atoms with van der Waals surface area (Å²) in [6.45, 7) is 0.438. The number of rotatable bonds is 5. The first kappa shape index (κ1) is 17.0. The van der Waals surface area contributed by atoms with Gasteiger partial charge in [-0.1, -0.05) is 18.2 Å². The van der Waals surface area contributed by atoms with E-state index in [2.05, 4.69) is 5.32 Å². The van der Waals surface area contributed by atoms with Gasteiger partial charge in [0.25, 0.3) is 5.91 Å². The Balaban J connectivity index is 1.78. The van der Waals surface area contributed by atoms with E-state index in [1.165, 1.54) is 21.3 Å². The van der Waals surface area contributed by atoms with Gasteiger partial charge in [0.15, 0.2) is 11.5 Å². The number of benzene rings is 2. The average molecular weight is 343 g/mol. The summed E-state index contributed by atoms with van der Waals surface area (Å²) in [6.07, 6.45) is 0.729. The van der Waals surface area contributed by atoms with Gasteiger partial charge < -0.3 is 24.3 Å². The fourth-order valence-electron chi connectivity index (χ4n) is 2.90. The zero-order valence-corrected chi connectivity index (χ0v) is 14.5. The molecule has 0 fully saturated rings. The summed E-state index contributed by atoms with van der Waals surface area (Å²) in [6, 6.07) is 11.0. The van der Waals surface area contributed by atoms with Crippen LogP contribution in [0.4, 0.5) is 0 Å². The molecule has 1 amide bonds. The maximum atomic E-state index is 12.6. The average Bonchev–Trinajstić information content (AvgIpc) is 2.66. The SMILES string of the molecule is COc1cc(C(=O)NC2COc3ccccc3C2)cc(OC)c1OC. The molecule has 1 aliphatic heterocycles. The number of carbonyl (C=O) groups is 1. The van der Waals surface area contributed by atoms with Crippen LogP contribution in [0.25, 0.3) is 0 Å². The Morgan fingerprint density at radius 1 is 1.08 bits per heavy atom. The number of hydrogen-bond donors (Lipinski definition) is 1. The van der Waals surface area contributed by atoms with Crippen molar-refractivity contribution in [1.29, 1.82) is 0 Å². The number of carbonyl (C=O) groups excluding carboxylic acids is 1. The number of ether oxygens (including phenoxy) is 4. The van der Waals surface area contributed by atoms with Crippen LogP contribution in [0.3, 0.4) is 0 Å². The maximum Gasteiger partial charge on any atom is 0.251 e. The zero-order valence-electron chi connectivity index (χ0n) is 14.5. The molecule has 3 rings (SSSR count). The Morgan fingerprint density at radius 3 is 2.40 bits per heavy atom. The van der Waals surface area contributed by atoms with Crippen LogP contribution >= 0.6 is 0 Å². The van der Waals surface area contributed by atoms with Crippen molar-refractivity contribution >= 4 is 5.91 Å². The minimum atomic E-state index is -0.216. The molecule has 0 saturated carbocycles.